The smallest absolute Gasteiger partial charge is 0.291 e. The first-order valence-corrected chi connectivity index (χ1v) is 8.42. The van der Waals surface area contributed by atoms with Crippen LogP contribution in [-0.4, -0.2) is 102 Å². The molecule has 0 spiro atoms. The van der Waals surface area contributed by atoms with Gasteiger partial charge in [-0.1, -0.05) is 0 Å². The number of aromatic amines is 1. The van der Waals surface area contributed by atoms with E-state index in [1.165, 1.54) is 17.2 Å². The number of aliphatic hydroxyl groups excluding tert-OH is 1. The summed E-state index contributed by atoms with van der Waals surface area (Å²) in [4.78, 5) is 29.3. The second-order valence-corrected chi connectivity index (χ2v) is 6.41. The number of hydrogen-bond donors (Lipinski definition) is 3. The molecule has 3 rings (SSSR count). The molecule has 12 nitrogen and oxygen atoms in total. The molecular weight excluding hydrogens is 356 g/mol. The zero-order valence-corrected chi connectivity index (χ0v) is 15.3. The Morgan fingerprint density at radius 2 is 2.00 bits per heavy atom. The van der Waals surface area contributed by atoms with E-state index >= 15 is 0 Å². The monoisotopic (exact) mass is 380 g/mol. The number of aromatic nitrogens is 6. The molecule has 12 heteroatoms. The quantitative estimate of drug-likeness (QED) is 0.558. The number of nitrogens with zero attached hydrogens (tertiary/aromatic N) is 7. The highest BCUT2D eigenvalue weighted by Crippen LogP contribution is 2.20. The van der Waals surface area contributed by atoms with Gasteiger partial charge in [-0.05, 0) is 32.9 Å². The Bertz CT molecular complexity index is 717. The van der Waals surface area contributed by atoms with Gasteiger partial charge in [-0.2, -0.15) is 4.98 Å². The molecule has 3 heterocycles. The lowest BCUT2D eigenvalue weighted by molar-refractivity contribution is -0.122. The normalized spacial score (nSPS) is 19.9. The average molecular weight is 380 g/mol. The van der Waals surface area contributed by atoms with Crippen LogP contribution in [0.15, 0.2) is 12.7 Å². The molecule has 1 saturated heterocycles. The standard InChI is InChI=1S/C14H22N8O2.CH2O2/c1-20(2)11-4-3-10(7-23)5-21(6-11)13(24)12-17-14(19-18-12)22-8-15-16-9-22;2-1-3/h8-11,23H,3-7H2,1-2H3,(H,17,18,19);1H,(H,2,3)/t10-,11+;/m0./s1. The number of hydrogen-bond acceptors (Lipinski definition) is 8. The molecule has 2 aromatic heterocycles. The van der Waals surface area contributed by atoms with Gasteiger partial charge >= 0.3 is 0 Å². The van der Waals surface area contributed by atoms with Gasteiger partial charge in [0.2, 0.25) is 5.82 Å². The van der Waals surface area contributed by atoms with Crippen LogP contribution in [-0.2, 0) is 4.79 Å². The van der Waals surface area contributed by atoms with Crippen LogP contribution in [0, 0.1) is 5.92 Å². The van der Waals surface area contributed by atoms with Crippen LogP contribution in [0.1, 0.15) is 23.5 Å². The summed E-state index contributed by atoms with van der Waals surface area (Å²) < 4.78 is 1.52. The zero-order valence-electron chi connectivity index (χ0n) is 15.3. The molecule has 1 aliphatic heterocycles. The Morgan fingerprint density at radius 1 is 1.33 bits per heavy atom. The van der Waals surface area contributed by atoms with E-state index in [-0.39, 0.29) is 36.8 Å². The number of rotatable bonds is 4. The summed E-state index contributed by atoms with van der Waals surface area (Å²) in [5, 5.41) is 30.5. The molecule has 27 heavy (non-hydrogen) atoms. The number of likely N-dealkylation sites (N-methyl/N-ethyl adjacent to an activating group) is 1. The fourth-order valence-electron chi connectivity index (χ4n) is 2.91. The fraction of sp³-hybridized carbons (Fsp3) is 0.600. The maximum absolute atomic E-state index is 12.8. The van der Waals surface area contributed by atoms with Gasteiger partial charge in [-0.15, -0.1) is 15.3 Å². The first-order valence-electron chi connectivity index (χ1n) is 8.42. The Kier molecular flexibility index (Phi) is 7.37. The first kappa shape index (κ1) is 20.5. The predicted octanol–water partition coefficient (Wildman–Crippen LogP) is -1.14. The van der Waals surface area contributed by atoms with Gasteiger partial charge < -0.3 is 20.0 Å². The molecule has 1 fully saturated rings. The fourth-order valence-corrected chi connectivity index (χ4v) is 2.91. The number of carboxylic acid groups (broad SMARTS) is 1. The van der Waals surface area contributed by atoms with Gasteiger partial charge in [0, 0.05) is 25.7 Å². The van der Waals surface area contributed by atoms with Gasteiger partial charge in [0.1, 0.15) is 12.7 Å². The Labute approximate surface area is 155 Å². The second-order valence-electron chi connectivity index (χ2n) is 6.41. The third-order valence-electron chi connectivity index (χ3n) is 4.42. The summed E-state index contributed by atoms with van der Waals surface area (Å²) >= 11 is 0. The van der Waals surface area contributed by atoms with Crippen molar-refractivity contribution in [2.24, 2.45) is 5.92 Å². The van der Waals surface area contributed by atoms with Crippen LogP contribution in [0.3, 0.4) is 0 Å². The summed E-state index contributed by atoms with van der Waals surface area (Å²) in [6.07, 6.45) is 4.77. The van der Waals surface area contributed by atoms with Crippen molar-refractivity contribution in [2.75, 3.05) is 33.8 Å². The van der Waals surface area contributed by atoms with Crippen LogP contribution in [0.2, 0.25) is 0 Å². The van der Waals surface area contributed by atoms with Crippen LogP contribution < -0.4 is 0 Å². The number of carbonyl (C=O) groups excluding carboxylic acids is 1. The van der Waals surface area contributed by atoms with E-state index < -0.39 is 0 Å². The molecule has 0 unspecified atom stereocenters. The lowest BCUT2D eigenvalue weighted by Gasteiger charge is -2.28. The van der Waals surface area contributed by atoms with Crippen LogP contribution in [0.5, 0.6) is 0 Å². The molecule has 0 aliphatic carbocycles. The van der Waals surface area contributed by atoms with E-state index in [2.05, 4.69) is 30.3 Å². The number of H-pyrrole nitrogens is 1. The second kappa shape index (κ2) is 9.73. The molecular formula is C15H24N8O4. The summed E-state index contributed by atoms with van der Waals surface area (Å²) in [5.74, 6) is 0.365. The van der Waals surface area contributed by atoms with Crippen molar-refractivity contribution in [3.63, 3.8) is 0 Å². The maximum atomic E-state index is 12.8. The zero-order chi connectivity index (χ0) is 19.8. The van der Waals surface area contributed by atoms with Crippen molar-refractivity contribution in [2.45, 2.75) is 18.9 Å². The van der Waals surface area contributed by atoms with E-state index in [9.17, 15) is 9.90 Å². The molecule has 0 bridgehead atoms. The summed E-state index contributed by atoms with van der Waals surface area (Å²) in [7, 11) is 4.01. The minimum atomic E-state index is -0.250. The lowest BCUT2D eigenvalue weighted by atomic mass is 10.0. The van der Waals surface area contributed by atoms with Crippen molar-refractivity contribution in [3.05, 3.63) is 18.5 Å². The van der Waals surface area contributed by atoms with Crippen molar-refractivity contribution >= 4 is 12.4 Å². The van der Waals surface area contributed by atoms with Gasteiger partial charge in [0.05, 0.1) is 0 Å². The van der Waals surface area contributed by atoms with Crippen LogP contribution >= 0.6 is 0 Å². The lowest BCUT2D eigenvalue weighted by Crippen LogP contribution is -2.43. The first-order chi connectivity index (χ1) is 13.0. The highest BCUT2D eigenvalue weighted by atomic mass is 16.3. The number of nitrogens with one attached hydrogen (secondary N) is 1. The van der Waals surface area contributed by atoms with Gasteiger partial charge in [0.15, 0.2) is 0 Å². The summed E-state index contributed by atoms with van der Waals surface area (Å²) in [5.41, 5.74) is 0. The van der Waals surface area contributed by atoms with Crippen molar-refractivity contribution in [3.8, 4) is 5.95 Å². The summed E-state index contributed by atoms with van der Waals surface area (Å²) in [6, 6.07) is 0.255. The summed E-state index contributed by atoms with van der Waals surface area (Å²) in [6.45, 7) is 0.944. The van der Waals surface area contributed by atoms with E-state index in [4.69, 9.17) is 9.90 Å². The molecule has 148 valence electrons. The SMILES string of the molecule is CN(C)[C@@H]1CC[C@H](CO)CN(C(=O)c2nc(-n3cnnc3)n[nH]2)C1.O=CO. The van der Waals surface area contributed by atoms with E-state index in [0.717, 1.165) is 12.8 Å². The van der Waals surface area contributed by atoms with E-state index in [0.29, 0.717) is 19.0 Å². The Balaban J connectivity index is 0.000000817. The van der Waals surface area contributed by atoms with Crippen molar-refractivity contribution < 1.29 is 19.8 Å². The largest absolute Gasteiger partial charge is 0.483 e. The van der Waals surface area contributed by atoms with E-state index in [1.807, 2.05) is 14.1 Å². The van der Waals surface area contributed by atoms with Gasteiger partial charge in [-0.25, -0.2) is 0 Å². The Morgan fingerprint density at radius 3 is 2.59 bits per heavy atom. The number of aliphatic hydroxyl groups is 1. The van der Waals surface area contributed by atoms with Crippen molar-refractivity contribution in [1.29, 1.82) is 0 Å². The molecule has 1 amide bonds. The maximum Gasteiger partial charge on any atom is 0.291 e. The molecule has 0 radical (unpaired) electrons. The third-order valence-corrected chi connectivity index (χ3v) is 4.42. The third kappa shape index (κ3) is 5.31. The van der Waals surface area contributed by atoms with E-state index in [1.54, 1.807) is 4.90 Å². The number of likely N-dealkylation sites (tertiary alicyclic amines) is 1. The predicted molar refractivity (Wildman–Crippen MR) is 93.2 cm³/mol. The molecule has 1 aliphatic rings. The highest BCUT2D eigenvalue weighted by Gasteiger charge is 2.30. The minimum absolute atomic E-state index is 0.0757. The topological polar surface area (TPSA) is 153 Å². The number of carbonyl (C=O) groups is 2. The molecule has 3 N–H and O–H groups in total. The van der Waals surface area contributed by atoms with Crippen LogP contribution in [0.4, 0.5) is 0 Å². The molecule has 2 atom stereocenters. The van der Waals surface area contributed by atoms with Gasteiger partial charge in [0.25, 0.3) is 18.3 Å². The molecule has 0 aromatic carbocycles. The highest BCUT2D eigenvalue weighted by molar-refractivity contribution is 5.90. The minimum Gasteiger partial charge on any atom is -0.483 e. The van der Waals surface area contributed by atoms with Crippen molar-refractivity contribution in [1.82, 2.24) is 39.7 Å². The van der Waals surface area contributed by atoms with Gasteiger partial charge in [-0.3, -0.25) is 19.3 Å². The van der Waals surface area contributed by atoms with Crippen LogP contribution in [0.25, 0.3) is 5.95 Å². The molecule has 0 saturated carbocycles. The Hall–Kier alpha value is -2.86. The number of amides is 1. The average Bonchev–Trinajstić information content (AvgIpc) is 3.29. The molecule has 2 aromatic rings.